The molecule has 0 aromatic heterocycles. The van der Waals surface area contributed by atoms with Gasteiger partial charge in [-0.2, -0.15) is 11.8 Å². The highest BCUT2D eigenvalue weighted by Crippen LogP contribution is 2.28. The van der Waals surface area contributed by atoms with Crippen LogP contribution in [0.3, 0.4) is 0 Å². The van der Waals surface area contributed by atoms with Gasteiger partial charge in [0.05, 0.1) is 6.04 Å². The molecule has 2 amide bonds. The average Bonchev–Trinajstić information content (AvgIpc) is 2.62. The van der Waals surface area contributed by atoms with Gasteiger partial charge in [0, 0.05) is 12.5 Å². The highest BCUT2D eigenvalue weighted by molar-refractivity contribution is 7.98. The van der Waals surface area contributed by atoms with E-state index in [-0.39, 0.29) is 36.1 Å². The Kier molecular flexibility index (Phi) is 12.7. The van der Waals surface area contributed by atoms with E-state index >= 15 is 0 Å². The van der Waals surface area contributed by atoms with E-state index in [1.807, 2.05) is 20.1 Å². The number of hydrogen-bond acceptors (Lipinski definition) is 5. The smallest absolute Gasteiger partial charge is 0.326 e. The van der Waals surface area contributed by atoms with Crippen molar-refractivity contribution in [1.29, 1.82) is 0 Å². The number of carbonyl (C=O) groups excluding carboxylic acids is 2. The Hall–Kier alpha value is -0.990. The first-order valence-electron chi connectivity index (χ1n) is 9.31. The fourth-order valence-electron chi connectivity index (χ4n) is 3.08. The van der Waals surface area contributed by atoms with Gasteiger partial charge in [-0.05, 0) is 55.9 Å². The lowest BCUT2D eigenvalue weighted by Gasteiger charge is -2.29. The van der Waals surface area contributed by atoms with E-state index in [0.29, 0.717) is 24.6 Å². The van der Waals surface area contributed by atoms with Crippen LogP contribution in [0.1, 0.15) is 46.0 Å². The molecule has 0 heterocycles. The van der Waals surface area contributed by atoms with Crippen LogP contribution in [0, 0.1) is 17.8 Å². The van der Waals surface area contributed by atoms with Gasteiger partial charge in [0.1, 0.15) is 6.04 Å². The SMILES string of the molecule is CSCCC(NC(=O)C1CCC(CNC(=O)C(N)C(C)C)CC1)C(=O)O.Cl. The lowest BCUT2D eigenvalue weighted by atomic mass is 9.81. The van der Waals surface area contributed by atoms with Gasteiger partial charge in [0.25, 0.3) is 0 Å². The molecule has 1 aliphatic rings. The van der Waals surface area contributed by atoms with Crippen LogP contribution in [-0.2, 0) is 14.4 Å². The molecule has 1 aliphatic carbocycles. The number of thioether (sulfide) groups is 1. The number of carbonyl (C=O) groups is 3. The lowest BCUT2D eigenvalue weighted by Crippen LogP contribution is -2.46. The number of halogens is 1. The van der Waals surface area contributed by atoms with Crippen LogP contribution < -0.4 is 16.4 Å². The third kappa shape index (κ3) is 9.17. The Morgan fingerprint density at radius 1 is 1.19 bits per heavy atom. The molecule has 0 saturated heterocycles. The van der Waals surface area contributed by atoms with Crippen molar-refractivity contribution in [2.24, 2.45) is 23.5 Å². The van der Waals surface area contributed by atoms with Gasteiger partial charge in [-0.3, -0.25) is 9.59 Å². The van der Waals surface area contributed by atoms with Crippen molar-refractivity contribution in [2.75, 3.05) is 18.6 Å². The monoisotopic (exact) mass is 423 g/mol. The zero-order valence-electron chi connectivity index (χ0n) is 16.4. The summed E-state index contributed by atoms with van der Waals surface area (Å²) in [6.07, 6.45) is 5.47. The average molecular weight is 424 g/mol. The maximum Gasteiger partial charge on any atom is 0.326 e. The molecule has 0 bridgehead atoms. The molecule has 1 fully saturated rings. The van der Waals surface area contributed by atoms with Crippen LogP contribution in [0.25, 0.3) is 0 Å². The van der Waals surface area contributed by atoms with Crippen LogP contribution in [0.15, 0.2) is 0 Å². The minimum absolute atomic E-state index is 0. The van der Waals surface area contributed by atoms with Gasteiger partial charge >= 0.3 is 5.97 Å². The maximum atomic E-state index is 12.3. The van der Waals surface area contributed by atoms with E-state index in [1.165, 1.54) is 0 Å². The van der Waals surface area contributed by atoms with Gasteiger partial charge in [0.15, 0.2) is 0 Å². The second kappa shape index (κ2) is 13.2. The summed E-state index contributed by atoms with van der Waals surface area (Å²) < 4.78 is 0. The molecule has 2 atom stereocenters. The molecule has 0 spiro atoms. The molecule has 9 heteroatoms. The first-order valence-corrected chi connectivity index (χ1v) is 10.7. The predicted octanol–water partition coefficient (Wildman–Crippen LogP) is 1.64. The number of nitrogens with one attached hydrogen (secondary N) is 2. The van der Waals surface area contributed by atoms with Gasteiger partial charge in [-0.25, -0.2) is 4.79 Å². The summed E-state index contributed by atoms with van der Waals surface area (Å²) >= 11 is 1.56. The molecule has 0 aromatic rings. The summed E-state index contributed by atoms with van der Waals surface area (Å²) in [5, 5.41) is 14.8. The largest absolute Gasteiger partial charge is 0.480 e. The summed E-state index contributed by atoms with van der Waals surface area (Å²) in [7, 11) is 0. The Labute approximate surface area is 172 Å². The number of rotatable bonds is 10. The van der Waals surface area contributed by atoms with Crippen LogP contribution in [-0.4, -0.2) is 53.5 Å². The van der Waals surface area contributed by atoms with Crippen LogP contribution in [0.2, 0.25) is 0 Å². The predicted molar refractivity (Wildman–Crippen MR) is 111 cm³/mol. The van der Waals surface area contributed by atoms with Crippen molar-refractivity contribution >= 4 is 42.0 Å². The highest BCUT2D eigenvalue weighted by atomic mass is 35.5. The second-order valence-corrected chi connectivity index (χ2v) is 8.40. The quantitative estimate of drug-likeness (QED) is 0.423. The van der Waals surface area contributed by atoms with Gasteiger partial charge < -0.3 is 21.5 Å². The van der Waals surface area contributed by atoms with Crippen molar-refractivity contribution in [2.45, 2.75) is 58.0 Å². The summed E-state index contributed by atoms with van der Waals surface area (Å²) in [5.41, 5.74) is 5.83. The zero-order valence-corrected chi connectivity index (χ0v) is 18.0. The number of carboxylic acids is 1. The maximum absolute atomic E-state index is 12.3. The Morgan fingerprint density at radius 3 is 2.26 bits per heavy atom. The molecule has 1 rings (SSSR count). The van der Waals surface area contributed by atoms with Crippen molar-refractivity contribution in [1.82, 2.24) is 10.6 Å². The molecule has 158 valence electrons. The molecule has 2 unspecified atom stereocenters. The molecular weight excluding hydrogens is 390 g/mol. The van der Waals surface area contributed by atoms with E-state index in [2.05, 4.69) is 10.6 Å². The molecule has 0 aliphatic heterocycles. The molecule has 27 heavy (non-hydrogen) atoms. The third-order valence-corrected chi connectivity index (χ3v) is 5.67. The second-order valence-electron chi connectivity index (χ2n) is 7.41. The minimum Gasteiger partial charge on any atom is -0.480 e. The molecule has 0 aromatic carbocycles. The first-order chi connectivity index (χ1) is 12.3. The third-order valence-electron chi connectivity index (χ3n) is 5.03. The Bertz CT molecular complexity index is 485. The van der Waals surface area contributed by atoms with Gasteiger partial charge in [-0.15, -0.1) is 12.4 Å². The number of carboxylic acid groups (broad SMARTS) is 1. The summed E-state index contributed by atoms with van der Waals surface area (Å²) in [6, 6.07) is -1.31. The van der Waals surface area contributed by atoms with Crippen molar-refractivity contribution in [3.63, 3.8) is 0 Å². The summed E-state index contributed by atoms with van der Waals surface area (Å²) in [6.45, 7) is 4.41. The first kappa shape index (κ1) is 26.0. The molecule has 1 saturated carbocycles. The van der Waals surface area contributed by atoms with E-state index in [1.54, 1.807) is 11.8 Å². The highest BCUT2D eigenvalue weighted by Gasteiger charge is 2.29. The fraction of sp³-hybridized carbons (Fsp3) is 0.833. The number of aliphatic carboxylic acids is 1. The molecular formula is C18H34ClN3O4S. The molecule has 0 radical (unpaired) electrons. The number of nitrogens with two attached hydrogens (primary N) is 1. The standard InChI is InChI=1S/C18H33N3O4S.ClH/c1-11(2)15(19)17(23)20-10-12-4-6-13(7-5-12)16(22)21-14(18(24)25)8-9-26-3;/h11-15H,4-10,19H2,1-3H3,(H,20,23)(H,21,22)(H,24,25);1H. The van der Waals surface area contributed by atoms with Crippen LogP contribution in [0.5, 0.6) is 0 Å². The van der Waals surface area contributed by atoms with E-state index in [4.69, 9.17) is 5.73 Å². The minimum atomic E-state index is -0.981. The zero-order chi connectivity index (χ0) is 19.7. The molecule has 7 nitrogen and oxygen atoms in total. The Morgan fingerprint density at radius 2 is 1.78 bits per heavy atom. The van der Waals surface area contributed by atoms with E-state index in [0.717, 1.165) is 25.7 Å². The van der Waals surface area contributed by atoms with E-state index < -0.39 is 18.1 Å². The van der Waals surface area contributed by atoms with Crippen LogP contribution in [0.4, 0.5) is 0 Å². The topological polar surface area (TPSA) is 122 Å². The normalized spacial score (nSPS) is 21.7. The number of amides is 2. The lowest BCUT2D eigenvalue weighted by molar-refractivity contribution is -0.142. The van der Waals surface area contributed by atoms with Crippen molar-refractivity contribution in [3.8, 4) is 0 Å². The summed E-state index contributed by atoms with van der Waals surface area (Å²) in [4.78, 5) is 35.5. The van der Waals surface area contributed by atoms with Crippen LogP contribution >= 0.6 is 24.2 Å². The van der Waals surface area contributed by atoms with Crippen molar-refractivity contribution < 1.29 is 19.5 Å². The van der Waals surface area contributed by atoms with Gasteiger partial charge in [-0.1, -0.05) is 13.8 Å². The summed E-state index contributed by atoms with van der Waals surface area (Å²) in [5.74, 6) is -0.277. The Balaban J connectivity index is 0.00000676. The van der Waals surface area contributed by atoms with E-state index in [9.17, 15) is 19.5 Å². The van der Waals surface area contributed by atoms with Gasteiger partial charge in [0.2, 0.25) is 11.8 Å². The van der Waals surface area contributed by atoms with Crippen molar-refractivity contribution in [3.05, 3.63) is 0 Å². The molecule has 5 N–H and O–H groups in total. The number of hydrogen-bond donors (Lipinski definition) is 4. The fourth-order valence-corrected chi connectivity index (χ4v) is 3.55.